The Balaban J connectivity index is 3.83. The molecule has 0 fully saturated rings. The lowest BCUT2D eigenvalue weighted by atomic mass is 10.3. The largest absolute Gasteiger partial charge is 0.298 e. The van der Waals surface area contributed by atoms with Crippen LogP contribution in [-0.2, 0) is 4.79 Å². The van der Waals surface area contributed by atoms with Crippen LogP contribution in [0.5, 0.6) is 0 Å². The van der Waals surface area contributed by atoms with Crippen LogP contribution in [0.4, 0.5) is 0 Å². The van der Waals surface area contributed by atoms with Crippen LogP contribution in [0.25, 0.3) is 0 Å². The van der Waals surface area contributed by atoms with E-state index in [1.807, 2.05) is 25.9 Å². The van der Waals surface area contributed by atoms with Gasteiger partial charge in [0.05, 0.1) is 6.04 Å². The molecule has 0 aromatic carbocycles. The molecular formula is C7H17N3O. The van der Waals surface area contributed by atoms with E-state index in [4.69, 9.17) is 0 Å². The monoisotopic (exact) mass is 159 g/mol. The maximum absolute atomic E-state index is 11.2. The van der Waals surface area contributed by atoms with Gasteiger partial charge in [0.2, 0.25) is 0 Å². The van der Waals surface area contributed by atoms with Crippen LogP contribution in [0.15, 0.2) is 0 Å². The first-order chi connectivity index (χ1) is 4.95. The third-order valence-corrected chi connectivity index (χ3v) is 1.49. The number of amides is 1. The van der Waals surface area contributed by atoms with E-state index in [9.17, 15) is 4.79 Å². The van der Waals surface area contributed by atoms with Gasteiger partial charge in [0.1, 0.15) is 0 Å². The molecule has 66 valence electrons. The fourth-order valence-electron chi connectivity index (χ4n) is 0.548. The van der Waals surface area contributed by atoms with Crippen LogP contribution in [-0.4, -0.2) is 50.0 Å². The second-order valence-corrected chi connectivity index (χ2v) is 3.01. The van der Waals surface area contributed by atoms with Crippen molar-refractivity contribution >= 4 is 5.91 Å². The Morgan fingerprint density at radius 2 is 1.73 bits per heavy atom. The Bertz CT molecular complexity index is 134. The van der Waals surface area contributed by atoms with Gasteiger partial charge in [-0.05, 0) is 21.0 Å². The van der Waals surface area contributed by atoms with Gasteiger partial charge in [-0.1, -0.05) is 0 Å². The lowest BCUT2D eigenvalue weighted by molar-refractivity contribution is -0.128. The van der Waals surface area contributed by atoms with Crippen molar-refractivity contribution in [2.45, 2.75) is 13.0 Å². The van der Waals surface area contributed by atoms with Gasteiger partial charge in [-0.25, -0.2) is 5.01 Å². The molecule has 0 radical (unpaired) electrons. The number of likely N-dealkylation sites (N-methyl/N-ethyl adjacent to an activating group) is 1. The summed E-state index contributed by atoms with van der Waals surface area (Å²) in [7, 11) is 7.33. The summed E-state index contributed by atoms with van der Waals surface area (Å²) in [4.78, 5) is 13.1. The summed E-state index contributed by atoms with van der Waals surface area (Å²) in [5, 5.41) is 1.64. The Hall–Kier alpha value is -0.610. The van der Waals surface area contributed by atoms with E-state index in [1.54, 1.807) is 19.1 Å². The topological polar surface area (TPSA) is 35.6 Å². The van der Waals surface area contributed by atoms with Crippen LogP contribution >= 0.6 is 0 Å². The average molecular weight is 159 g/mol. The maximum atomic E-state index is 11.2. The zero-order valence-electron chi connectivity index (χ0n) is 7.88. The first-order valence-corrected chi connectivity index (χ1v) is 3.59. The number of nitrogens with zero attached hydrogens (tertiary/aromatic N) is 2. The van der Waals surface area contributed by atoms with Gasteiger partial charge in [-0.15, -0.1) is 0 Å². The van der Waals surface area contributed by atoms with E-state index in [1.165, 1.54) is 0 Å². The van der Waals surface area contributed by atoms with E-state index >= 15 is 0 Å². The first kappa shape index (κ1) is 10.4. The van der Waals surface area contributed by atoms with Crippen molar-refractivity contribution in [1.82, 2.24) is 15.3 Å². The second kappa shape index (κ2) is 4.31. The zero-order chi connectivity index (χ0) is 9.02. The molecule has 1 amide bonds. The van der Waals surface area contributed by atoms with Crippen molar-refractivity contribution in [1.29, 1.82) is 0 Å². The Kier molecular flexibility index (Phi) is 4.07. The van der Waals surface area contributed by atoms with Crippen molar-refractivity contribution < 1.29 is 4.79 Å². The Morgan fingerprint density at radius 3 is 2.00 bits per heavy atom. The third-order valence-electron chi connectivity index (χ3n) is 1.49. The second-order valence-electron chi connectivity index (χ2n) is 3.01. The van der Waals surface area contributed by atoms with Crippen LogP contribution in [0.2, 0.25) is 0 Å². The van der Waals surface area contributed by atoms with Gasteiger partial charge in [-0.2, -0.15) is 0 Å². The summed E-state index contributed by atoms with van der Waals surface area (Å²) >= 11 is 0. The molecule has 0 aromatic rings. The van der Waals surface area contributed by atoms with Gasteiger partial charge in [0, 0.05) is 14.1 Å². The van der Waals surface area contributed by atoms with Crippen LogP contribution in [0.1, 0.15) is 6.92 Å². The standard InChI is InChI=1S/C7H17N3O/c1-6(9(2)3)7(11)8-10(4)5/h6H,1-5H3,(H,8,11). The summed E-state index contributed by atoms with van der Waals surface area (Å²) in [6, 6.07) is -0.0857. The highest BCUT2D eigenvalue weighted by atomic mass is 16.2. The normalized spacial score (nSPS) is 13.7. The van der Waals surface area contributed by atoms with E-state index in [0.717, 1.165) is 0 Å². The molecule has 4 nitrogen and oxygen atoms in total. The molecule has 0 aliphatic heterocycles. The lowest BCUT2D eigenvalue weighted by Gasteiger charge is -2.21. The summed E-state index contributed by atoms with van der Waals surface area (Å²) in [5.41, 5.74) is 2.68. The summed E-state index contributed by atoms with van der Waals surface area (Å²) < 4.78 is 0. The molecule has 1 atom stereocenters. The Morgan fingerprint density at radius 1 is 1.27 bits per heavy atom. The van der Waals surface area contributed by atoms with Gasteiger partial charge >= 0.3 is 0 Å². The lowest BCUT2D eigenvalue weighted by Crippen LogP contribution is -2.46. The number of carbonyl (C=O) groups excluding carboxylic acids is 1. The van der Waals surface area contributed by atoms with Crippen LogP contribution in [0, 0.1) is 0 Å². The molecule has 0 aliphatic rings. The minimum Gasteiger partial charge on any atom is -0.298 e. The highest BCUT2D eigenvalue weighted by molar-refractivity contribution is 5.80. The summed E-state index contributed by atoms with van der Waals surface area (Å²) in [5.74, 6) is 0.0139. The summed E-state index contributed by atoms with van der Waals surface area (Å²) in [6.07, 6.45) is 0. The minimum atomic E-state index is -0.0857. The third kappa shape index (κ3) is 3.95. The van der Waals surface area contributed by atoms with Crippen molar-refractivity contribution in [3.8, 4) is 0 Å². The minimum absolute atomic E-state index is 0.0139. The van der Waals surface area contributed by atoms with Crippen LogP contribution in [0.3, 0.4) is 0 Å². The van der Waals surface area contributed by atoms with Crippen molar-refractivity contribution in [2.24, 2.45) is 0 Å². The first-order valence-electron chi connectivity index (χ1n) is 3.59. The summed E-state index contributed by atoms with van der Waals surface area (Å²) in [6.45, 7) is 1.86. The highest BCUT2D eigenvalue weighted by Crippen LogP contribution is 1.90. The predicted molar refractivity (Wildman–Crippen MR) is 45.0 cm³/mol. The Labute approximate surface area is 68.1 Å². The van der Waals surface area contributed by atoms with E-state index < -0.39 is 0 Å². The van der Waals surface area contributed by atoms with Gasteiger partial charge in [-0.3, -0.25) is 15.1 Å². The van der Waals surface area contributed by atoms with Gasteiger partial charge in [0.15, 0.2) is 0 Å². The van der Waals surface area contributed by atoms with Crippen molar-refractivity contribution in [2.75, 3.05) is 28.2 Å². The van der Waals surface area contributed by atoms with Gasteiger partial charge in [0.25, 0.3) is 5.91 Å². The van der Waals surface area contributed by atoms with Crippen molar-refractivity contribution in [3.63, 3.8) is 0 Å². The van der Waals surface area contributed by atoms with E-state index in [-0.39, 0.29) is 11.9 Å². The molecular weight excluding hydrogens is 142 g/mol. The van der Waals surface area contributed by atoms with E-state index in [0.29, 0.717) is 0 Å². The average Bonchev–Trinajstić information content (AvgIpc) is 1.84. The molecule has 0 heterocycles. The molecule has 11 heavy (non-hydrogen) atoms. The fraction of sp³-hybridized carbons (Fsp3) is 0.857. The molecule has 0 spiro atoms. The quantitative estimate of drug-likeness (QED) is 0.565. The number of hydrazine groups is 1. The van der Waals surface area contributed by atoms with Crippen LogP contribution < -0.4 is 5.43 Å². The molecule has 0 aliphatic carbocycles. The molecule has 4 heteroatoms. The predicted octanol–water partition coefficient (Wildman–Crippen LogP) is -0.471. The van der Waals surface area contributed by atoms with E-state index in [2.05, 4.69) is 5.43 Å². The molecule has 1 N–H and O–H groups in total. The van der Waals surface area contributed by atoms with Gasteiger partial charge < -0.3 is 0 Å². The van der Waals surface area contributed by atoms with Crippen molar-refractivity contribution in [3.05, 3.63) is 0 Å². The number of hydrogen-bond acceptors (Lipinski definition) is 3. The molecule has 1 unspecified atom stereocenters. The zero-order valence-corrected chi connectivity index (χ0v) is 7.88. The SMILES string of the molecule is CC(C(=O)NN(C)C)N(C)C. The number of hydrogen-bond donors (Lipinski definition) is 1. The molecule has 0 saturated carbocycles. The molecule has 0 saturated heterocycles. The molecule has 0 bridgehead atoms. The molecule has 0 aromatic heterocycles. The maximum Gasteiger partial charge on any atom is 0.251 e. The fourth-order valence-corrected chi connectivity index (χ4v) is 0.548. The number of rotatable bonds is 3. The highest BCUT2D eigenvalue weighted by Gasteiger charge is 2.14. The smallest absolute Gasteiger partial charge is 0.251 e. The number of nitrogens with one attached hydrogen (secondary N) is 1. The molecule has 0 rings (SSSR count). The number of carbonyl (C=O) groups is 1.